The number of ether oxygens (including phenoxy) is 1. The van der Waals surface area contributed by atoms with Crippen LogP contribution in [0.5, 0.6) is 5.75 Å². The Bertz CT molecular complexity index is 669. The van der Waals surface area contributed by atoms with E-state index in [0.717, 1.165) is 24.4 Å². The second kappa shape index (κ2) is 10.2. The van der Waals surface area contributed by atoms with Gasteiger partial charge in [0.2, 0.25) is 0 Å². The molecule has 1 aliphatic heterocycles. The highest BCUT2D eigenvalue weighted by atomic mass is 35.5. The Morgan fingerprint density at radius 2 is 2.04 bits per heavy atom. The van der Waals surface area contributed by atoms with Crippen LogP contribution in [0.3, 0.4) is 0 Å². The maximum atomic E-state index is 12.2. The number of furan rings is 1. The van der Waals surface area contributed by atoms with Crippen molar-refractivity contribution in [2.24, 2.45) is 0 Å². The van der Waals surface area contributed by atoms with Crippen LogP contribution in [-0.2, 0) is 4.79 Å². The molecule has 2 heterocycles. The summed E-state index contributed by atoms with van der Waals surface area (Å²) in [6.07, 6.45) is 5.36. The van der Waals surface area contributed by atoms with Crippen molar-refractivity contribution in [1.82, 2.24) is 10.2 Å². The van der Waals surface area contributed by atoms with Gasteiger partial charge in [-0.15, -0.1) is 12.4 Å². The van der Waals surface area contributed by atoms with Gasteiger partial charge in [0.1, 0.15) is 11.5 Å². The first kappa shape index (κ1) is 20.3. The number of amides is 1. The van der Waals surface area contributed by atoms with Crippen LogP contribution in [0.1, 0.15) is 36.6 Å². The number of nitrogens with zero attached hydrogens (tertiary/aromatic N) is 1. The first-order chi connectivity index (χ1) is 12.2. The predicted octanol–water partition coefficient (Wildman–Crippen LogP) is 3.73. The fraction of sp³-hybridized carbons (Fsp3) is 0.450. The SMILES string of the molecule is Cc1cccc(OCC(=O)NCC(c2ccco2)N2CCCCC2)c1.Cl. The molecule has 1 aliphatic rings. The number of hydrogen-bond donors (Lipinski definition) is 1. The lowest BCUT2D eigenvalue weighted by Crippen LogP contribution is -2.41. The van der Waals surface area contributed by atoms with Gasteiger partial charge in [0.05, 0.1) is 12.3 Å². The van der Waals surface area contributed by atoms with Crippen LogP contribution in [0.25, 0.3) is 0 Å². The average molecular weight is 379 g/mol. The highest BCUT2D eigenvalue weighted by Crippen LogP contribution is 2.24. The summed E-state index contributed by atoms with van der Waals surface area (Å²) in [7, 11) is 0. The largest absolute Gasteiger partial charge is 0.484 e. The van der Waals surface area contributed by atoms with Crippen LogP contribution in [0.4, 0.5) is 0 Å². The minimum absolute atomic E-state index is 0. The zero-order valence-electron chi connectivity index (χ0n) is 15.1. The van der Waals surface area contributed by atoms with Gasteiger partial charge >= 0.3 is 0 Å². The molecule has 1 aromatic heterocycles. The molecule has 3 rings (SSSR count). The van der Waals surface area contributed by atoms with Gasteiger partial charge in [-0.2, -0.15) is 0 Å². The summed E-state index contributed by atoms with van der Waals surface area (Å²) in [5.74, 6) is 1.51. The van der Waals surface area contributed by atoms with Crippen molar-refractivity contribution < 1.29 is 13.9 Å². The van der Waals surface area contributed by atoms with Crippen LogP contribution in [-0.4, -0.2) is 37.0 Å². The van der Waals surface area contributed by atoms with Gasteiger partial charge in [0.25, 0.3) is 5.91 Å². The summed E-state index contributed by atoms with van der Waals surface area (Å²) in [6.45, 7) is 4.64. The molecule has 5 nitrogen and oxygen atoms in total. The molecule has 1 unspecified atom stereocenters. The maximum Gasteiger partial charge on any atom is 0.258 e. The molecule has 1 saturated heterocycles. The summed E-state index contributed by atoms with van der Waals surface area (Å²) in [5, 5.41) is 2.99. The maximum absolute atomic E-state index is 12.2. The molecule has 1 fully saturated rings. The molecule has 0 aliphatic carbocycles. The zero-order chi connectivity index (χ0) is 17.5. The Morgan fingerprint density at radius 1 is 1.23 bits per heavy atom. The number of nitrogens with one attached hydrogen (secondary N) is 1. The van der Waals surface area contributed by atoms with E-state index in [9.17, 15) is 4.79 Å². The van der Waals surface area contributed by atoms with Gasteiger partial charge in [-0.3, -0.25) is 9.69 Å². The Balaban J connectivity index is 0.00000243. The molecule has 1 aromatic carbocycles. The number of hydrogen-bond acceptors (Lipinski definition) is 4. The van der Waals surface area contributed by atoms with Gasteiger partial charge in [-0.1, -0.05) is 18.6 Å². The normalized spacial score (nSPS) is 15.7. The number of carbonyl (C=O) groups excluding carboxylic acids is 1. The topological polar surface area (TPSA) is 54.7 Å². The molecular formula is C20H27ClN2O3. The fourth-order valence-electron chi connectivity index (χ4n) is 3.24. The fourth-order valence-corrected chi connectivity index (χ4v) is 3.24. The number of carbonyl (C=O) groups is 1. The second-order valence-electron chi connectivity index (χ2n) is 6.54. The van der Waals surface area contributed by atoms with Gasteiger partial charge in [-0.25, -0.2) is 0 Å². The lowest BCUT2D eigenvalue weighted by atomic mass is 10.1. The number of rotatable bonds is 7. The molecule has 6 heteroatoms. The van der Waals surface area contributed by atoms with Crippen LogP contribution in [0.15, 0.2) is 47.1 Å². The molecule has 1 amide bonds. The Morgan fingerprint density at radius 3 is 2.73 bits per heavy atom. The zero-order valence-corrected chi connectivity index (χ0v) is 16.0. The van der Waals surface area contributed by atoms with E-state index < -0.39 is 0 Å². The van der Waals surface area contributed by atoms with E-state index >= 15 is 0 Å². The van der Waals surface area contributed by atoms with Crippen LogP contribution in [0, 0.1) is 6.92 Å². The van der Waals surface area contributed by atoms with Crippen molar-refractivity contribution >= 4 is 18.3 Å². The molecule has 142 valence electrons. The van der Waals surface area contributed by atoms with Crippen LogP contribution >= 0.6 is 12.4 Å². The molecule has 0 saturated carbocycles. The highest BCUT2D eigenvalue weighted by Gasteiger charge is 2.24. The van der Waals surface area contributed by atoms with Crippen LogP contribution in [0.2, 0.25) is 0 Å². The van der Waals surface area contributed by atoms with E-state index in [1.807, 2.05) is 43.3 Å². The average Bonchev–Trinajstić information content (AvgIpc) is 3.15. The molecule has 0 radical (unpaired) electrons. The summed E-state index contributed by atoms with van der Waals surface area (Å²) in [6, 6.07) is 11.7. The first-order valence-electron chi connectivity index (χ1n) is 8.96. The van der Waals surface area contributed by atoms with Crippen molar-refractivity contribution in [3.63, 3.8) is 0 Å². The van der Waals surface area contributed by atoms with Crippen molar-refractivity contribution in [1.29, 1.82) is 0 Å². The third-order valence-electron chi connectivity index (χ3n) is 4.56. The van der Waals surface area contributed by atoms with Gasteiger partial charge in [0, 0.05) is 6.54 Å². The quantitative estimate of drug-likeness (QED) is 0.797. The van der Waals surface area contributed by atoms with E-state index in [1.54, 1.807) is 6.26 Å². The lowest BCUT2D eigenvalue weighted by molar-refractivity contribution is -0.123. The third-order valence-corrected chi connectivity index (χ3v) is 4.56. The molecule has 0 bridgehead atoms. The second-order valence-corrected chi connectivity index (χ2v) is 6.54. The van der Waals surface area contributed by atoms with Gasteiger partial charge in [0.15, 0.2) is 6.61 Å². The number of halogens is 1. The monoisotopic (exact) mass is 378 g/mol. The summed E-state index contributed by atoms with van der Waals surface area (Å²) < 4.78 is 11.2. The minimum atomic E-state index is -0.116. The van der Waals surface area contributed by atoms with E-state index in [-0.39, 0.29) is 31.0 Å². The number of aryl methyl sites for hydroxylation is 1. The first-order valence-corrected chi connectivity index (χ1v) is 8.96. The van der Waals surface area contributed by atoms with E-state index in [2.05, 4.69) is 10.2 Å². The van der Waals surface area contributed by atoms with E-state index in [0.29, 0.717) is 12.3 Å². The number of benzene rings is 1. The molecule has 1 N–H and O–H groups in total. The Kier molecular flexibility index (Phi) is 8.01. The number of likely N-dealkylation sites (tertiary alicyclic amines) is 1. The smallest absolute Gasteiger partial charge is 0.258 e. The van der Waals surface area contributed by atoms with Crippen molar-refractivity contribution in [3.05, 3.63) is 54.0 Å². The summed E-state index contributed by atoms with van der Waals surface area (Å²) in [5.41, 5.74) is 1.11. The highest BCUT2D eigenvalue weighted by molar-refractivity contribution is 5.85. The van der Waals surface area contributed by atoms with Gasteiger partial charge in [-0.05, 0) is 62.7 Å². The predicted molar refractivity (Wildman–Crippen MR) is 104 cm³/mol. The molecular weight excluding hydrogens is 352 g/mol. The van der Waals surface area contributed by atoms with Crippen molar-refractivity contribution in [2.75, 3.05) is 26.2 Å². The molecule has 26 heavy (non-hydrogen) atoms. The minimum Gasteiger partial charge on any atom is -0.484 e. The molecule has 0 spiro atoms. The molecule has 2 aromatic rings. The standard InChI is InChI=1S/C20H26N2O3.ClH/c1-16-7-5-8-17(13-16)25-15-20(23)21-14-18(19-9-6-12-24-19)22-10-3-2-4-11-22;/h5-9,12-13,18H,2-4,10-11,14-15H2,1H3,(H,21,23);1H. The van der Waals surface area contributed by atoms with E-state index in [1.165, 1.54) is 19.3 Å². The Labute approximate surface area is 161 Å². The third kappa shape index (κ3) is 5.78. The van der Waals surface area contributed by atoms with Crippen molar-refractivity contribution in [3.8, 4) is 5.75 Å². The van der Waals surface area contributed by atoms with Crippen molar-refractivity contribution in [2.45, 2.75) is 32.2 Å². The Hall–Kier alpha value is -1.98. The van der Waals surface area contributed by atoms with Gasteiger partial charge < -0.3 is 14.5 Å². The number of piperidine rings is 1. The van der Waals surface area contributed by atoms with Crippen LogP contribution < -0.4 is 10.1 Å². The lowest BCUT2D eigenvalue weighted by Gasteiger charge is -2.33. The summed E-state index contributed by atoms with van der Waals surface area (Å²) >= 11 is 0. The summed E-state index contributed by atoms with van der Waals surface area (Å²) in [4.78, 5) is 14.6. The van der Waals surface area contributed by atoms with E-state index in [4.69, 9.17) is 9.15 Å². The molecule has 1 atom stereocenters.